The third-order valence-corrected chi connectivity index (χ3v) is 5.52. The van der Waals surface area contributed by atoms with Crippen molar-refractivity contribution in [3.05, 3.63) is 29.8 Å². The maximum absolute atomic E-state index is 12.9. The quantitative estimate of drug-likeness (QED) is 0.522. The van der Waals surface area contributed by atoms with Crippen LogP contribution in [0, 0.1) is 5.92 Å². The topological polar surface area (TPSA) is 76.2 Å². The van der Waals surface area contributed by atoms with Crippen LogP contribution < -0.4 is 4.74 Å². The molecule has 7 nitrogen and oxygen atoms in total. The molecule has 1 aromatic carbocycles. The van der Waals surface area contributed by atoms with E-state index in [0.29, 0.717) is 26.1 Å². The molecule has 7 heteroatoms. The molecule has 2 heterocycles. The summed E-state index contributed by atoms with van der Waals surface area (Å²) in [7, 11) is 1.61. The second-order valence-corrected chi connectivity index (χ2v) is 7.29. The van der Waals surface area contributed by atoms with Crippen LogP contribution in [0.1, 0.15) is 31.7 Å². The molecule has 2 atom stereocenters. The van der Waals surface area contributed by atoms with Gasteiger partial charge in [-0.2, -0.15) is 0 Å². The van der Waals surface area contributed by atoms with Crippen LogP contribution >= 0.6 is 0 Å². The van der Waals surface area contributed by atoms with E-state index in [9.17, 15) is 14.4 Å². The smallest absolute Gasteiger partial charge is 0.310 e. The molecule has 152 valence electrons. The monoisotopic (exact) mass is 388 g/mol. The molecule has 0 unspecified atom stereocenters. The molecule has 2 fully saturated rings. The van der Waals surface area contributed by atoms with E-state index < -0.39 is 6.04 Å². The van der Waals surface area contributed by atoms with Gasteiger partial charge in [0.2, 0.25) is 11.8 Å². The second-order valence-electron chi connectivity index (χ2n) is 7.29. The second kappa shape index (κ2) is 9.19. The first-order chi connectivity index (χ1) is 13.5. The minimum absolute atomic E-state index is 0.137. The van der Waals surface area contributed by atoms with E-state index in [1.54, 1.807) is 14.0 Å². The van der Waals surface area contributed by atoms with Gasteiger partial charge in [0.15, 0.2) is 0 Å². The van der Waals surface area contributed by atoms with Gasteiger partial charge in [-0.25, -0.2) is 0 Å². The number of rotatable bonds is 7. The van der Waals surface area contributed by atoms with E-state index in [0.717, 1.165) is 30.7 Å². The Balaban J connectivity index is 1.58. The number of benzene rings is 1. The summed E-state index contributed by atoms with van der Waals surface area (Å²) in [6.45, 7) is 3.73. The van der Waals surface area contributed by atoms with Crippen LogP contribution in [0.5, 0.6) is 5.75 Å². The summed E-state index contributed by atoms with van der Waals surface area (Å²) >= 11 is 0. The predicted molar refractivity (Wildman–Crippen MR) is 103 cm³/mol. The van der Waals surface area contributed by atoms with E-state index in [1.807, 2.05) is 29.2 Å². The highest BCUT2D eigenvalue weighted by Gasteiger charge is 2.43. The molecule has 2 aliphatic heterocycles. The lowest BCUT2D eigenvalue weighted by molar-refractivity contribution is -0.151. The van der Waals surface area contributed by atoms with Crippen molar-refractivity contribution in [2.45, 2.75) is 38.6 Å². The summed E-state index contributed by atoms with van der Waals surface area (Å²) in [6.07, 6.45) is 2.40. The van der Waals surface area contributed by atoms with Crippen LogP contribution in [0.2, 0.25) is 0 Å². The minimum Gasteiger partial charge on any atom is -0.497 e. The number of hydrogen-bond donors (Lipinski definition) is 0. The number of likely N-dealkylation sites (tertiary alicyclic amines) is 2. The van der Waals surface area contributed by atoms with Crippen LogP contribution in [0.25, 0.3) is 0 Å². The molecular weight excluding hydrogens is 360 g/mol. The number of esters is 1. The van der Waals surface area contributed by atoms with Crippen molar-refractivity contribution >= 4 is 17.8 Å². The zero-order valence-corrected chi connectivity index (χ0v) is 16.6. The Morgan fingerprint density at radius 2 is 1.96 bits per heavy atom. The highest BCUT2D eigenvalue weighted by atomic mass is 16.5. The Hall–Kier alpha value is -2.41. The zero-order chi connectivity index (χ0) is 20.1. The molecule has 2 amide bonds. The molecule has 0 aromatic heterocycles. The summed E-state index contributed by atoms with van der Waals surface area (Å²) in [5.41, 5.74) is 1.05. The van der Waals surface area contributed by atoms with Crippen molar-refractivity contribution in [2.24, 2.45) is 5.92 Å². The Morgan fingerprint density at radius 3 is 2.64 bits per heavy atom. The molecule has 0 bridgehead atoms. The molecule has 2 saturated heterocycles. The number of nitrogens with zero attached hydrogens (tertiary/aromatic N) is 2. The number of imide groups is 1. The molecule has 0 saturated carbocycles. The van der Waals surface area contributed by atoms with Crippen LogP contribution in [-0.2, 0) is 25.5 Å². The number of carbonyl (C=O) groups excluding carboxylic acids is 3. The maximum atomic E-state index is 12.9. The Kier molecular flexibility index (Phi) is 6.67. The summed E-state index contributed by atoms with van der Waals surface area (Å²) in [6, 6.07) is 7.16. The van der Waals surface area contributed by atoms with E-state index in [2.05, 4.69) is 0 Å². The van der Waals surface area contributed by atoms with Gasteiger partial charge in [-0.05, 0) is 50.4 Å². The standard InChI is InChI=1S/C21H28N2O5/c1-3-28-21(26)16-5-4-11-22(14-16)18-13-19(24)23(20(18)25)12-10-15-6-8-17(27-2)9-7-15/h6-9,16,18H,3-5,10-14H2,1-2H3/t16-,18+/m0/s1. The fraction of sp³-hybridized carbons (Fsp3) is 0.571. The molecule has 1 aromatic rings. The van der Waals surface area contributed by atoms with Crippen LogP contribution in [0.3, 0.4) is 0 Å². The van der Waals surface area contributed by atoms with E-state index in [1.165, 1.54) is 4.90 Å². The number of ether oxygens (including phenoxy) is 2. The first-order valence-electron chi connectivity index (χ1n) is 9.91. The Morgan fingerprint density at radius 1 is 1.21 bits per heavy atom. The van der Waals surface area contributed by atoms with Crippen LogP contribution in [0.4, 0.5) is 0 Å². The van der Waals surface area contributed by atoms with Gasteiger partial charge in [-0.15, -0.1) is 0 Å². The number of carbonyl (C=O) groups is 3. The fourth-order valence-electron chi connectivity index (χ4n) is 3.96. The van der Waals surface area contributed by atoms with Gasteiger partial charge in [-0.1, -0.05) is 12.1 Å². The van der Waals surface area contributed by atoms with Crippen molar-refractivity contribution in [1.29, 1.82) is 0 Å². The largest absolute Gasteiger partial charge is 0.497 e. The summed E-state index contributed by atoms with van der Waals surface area (Å²) in [5.74, 6) is 0.0634. The number of piperidine rings is 1. The van der Waals surface area contributed by atoms with Gasteiger partial charge in [-0.3, -0.25) is 24.2 Å². The van der Waals surface area contributed by atoms with Gasteiger partial charge < -0.3 is 9.47 Å². The molecule has 0 aliphatic carbocycles. The van der Waals surface area contributed by atoms with Crippen molar-refractivity contribution in [3.63, 3.8) is 0 Å². The normalized spacial score (nSPS) is 23.1. The molecular formula is C21H28N2O5. The lowest BCUT2D eigenvalue weighted by Gasteiger charge is -2.34. The zero-order valence-electron chi connectivity index (χ0n) is 16.6. The highest BCUT2D eigenvalue weighted by molar-refractivity contribution is 6.05. The number of amides is 2. The van der Waals surface area contributed by atoms with Gasteiger partial charge in [0.25, 0.3) is 0 Å². The predicted octanol–water partition coefficient (Wildman–Crippen LogP) is 1.64. The maximum Gasteiger partial charge on any atom is 0.310 e. The molecule has 0 spiro atoms. The molecule has 28 heavy (non-hydrogen) atoms. The van der Waals surface area contributed by atoms with Gasteiger partial charge in [0, 0.05) is 13.1 Å². The molecule has 3 rings (SSSR count). The SMILES string of the molecule is CCOC(=O)[C@H]1CCCN([C@@H]2CC(=O)N(CCc3ccc(OC)cc3)C2=O)C1. The molecule has 0 N–H and O–H groups in total. The highest BCUT2D eigenvalue weighted by Crippen LogP contribution is 2.26. The van der Waals surface area contributed by atoms with Gasteiger partial charge in [0.05, 0.1) is 32.1 Å². The number of hydrogen-bond acceptors (Lipinski definition) is 6. The Labute approximate surface area is 165 Å². The van der Waals surface area contributed by atoms with E-state index in [4.69, 9.17) is 9.47 Å². The molecule has 0 radical (unpaired) electrons. The lowest BCUT2D eigenvalue weighted by Crippen LogP contribution is -2.48. The van der Waals surface area contributed by atoms with Crippen LogP contribution in [0.15, 0.2) is 24.3 Å². The summed E-state index contributed by atoms with van der Waals surface area (Å²) < 4.78 is 10.3. The third kappa shape index (κ3) is 4.52. The number of methoxy groups -OCH3 is 1. The van der Waals surface area contributed by atoms with Crippen molar-refractivity contribution in [1.82, 2.24) is 9.80 Å². The Bertz CT molecular complexity index is 718. The van der Waals surface area contributed by atoms with Crippen molar-refractivity contribution in [3.8, 4) is 5.75 Å². The van der Waals surface area contributed by atoms with Gasteiger partial charge >= 0.3 is 5.97 Å². The molecule has 2 aliphatic rings. The first kappa shape index (κ1) is 20.3. The van der Waals surface area contributed by atoms with Crippen LogP contribution in [-0.4, -0.2) is 67.0 Å². The summed E-state index contributed by atoms with van der Waals surface area (Å²) in [5, 5.41) is 0. The van der Waals surface area contributed by atoms with E-state index >= 15 is 0 Å². The third-order valence-electron chi connectivity index (χ3n) is 5.52. The average molecular weight is 388 g/mol. The lowest BCUT2D eigenvalue weighted by atomic mass is 9.96. The van der Waals surface area contributed by atoms with E-state index in [-0.39, 0.29) is 30.1 Å². The fourth-order valence-corrected chi connectivity index (χ4v) is 3.96. The van der Waals surface area contributed by atoms with Gasteiger partial charge in [0.1, 0.15) is 5.75 Å². The average Bonchev–Trinajstić information content (AvgIpc) is 3.00. The summed E-state index contributed by atoms with van der Waals surface area (Å²) in [4.78, 5) is 40.7. The van der Waals surface area contributed by atoms with Crippen molar-refractivity contribution in [2.75, 3.05) is 33.4 Å². The minimum atomic E-state index is -0.458. The first-order valence-corrected chi connectivity index (χ1v) is 9.91. The van der Waals surface area contributed by atoms with Crippen molar-refractivity contribution < 1.29 is 23.9 Å².